The normalized spacial score (nSPS) is 23.2. The molecule has 0 spiro atoms. The highest BCUT2D eigenvalue weighted by Gasteiger charge is 2.38. The molecular formula is C27H30F2N4O3. The summed E-state index contributed by atoms with van der Waals surface area (Å²) >= 11 is 0. The molecule has 0 aromatic carbocycles. The molecule has 0 atom stereocenters. The van der Waals surface area contributed by atoms with E-state index in [1.165, 1.54) is 12.1 Å². The SMILES string of the molecule is O=C(Cc1ccc(C2(O)CCC(N3CCOCC3)CC2)nc1)c1ccn(-c2ccc(C(F)F)cn2)c1. The van der Waals surface area contributed by atoms with Gasteiger partial charge >= 0.3 is 0 Å². The van der Waals surface area contributed by atoms with Crippen LogP contribution in [0.3, 0.4) is 0 Å². The third-order valence-electron chi connectivity index (χ3n) is 7.31. The lowest BCUT2D eigenvalue weighted by molar-refractivity contribution is -0.0469. The number of ether oxygens (including phenoxy) is 1. The Morgan fingerprint density at radius 2 is 1.86 bits per heavy atom. The molecule has 3 aromatic rings. The fraction of sp³-hybridized carbons (Fsp3) is 0.444. The van der Waals surface area contributed by atoms with E-state index in [9.17, 15) is 18.7 Å². The lowest BCUT2D eigenvalue weighted by Gasteiger charge is -2.41. The van der Waals surface area contributed by atoms with E-state index >= 15 is 0 Å². The van der Waals surface area contributed by atoms with Gasteiger partial charge in [-0.25, -0.2) is 13.8 Å². The molecule has 1 N–H and O–H groups in total. The second-order valence-electron chi connectivity index (χ2n) is 9.62. The molecule has 9 heteroatoms. The Balaban J connectivity index is 1.18. The maximum absolute atomic E-state index is 12.8. The van der Waals surface area contributed by atoms with Crippen LogP contribution in [-0.2, 0) is 16.8 Å². The summed E-state index contributed by atoms with van der Waals surface area (Å²) in [5.74, 6) is 0.373. The van der Waals surface area contributed by atoms with Gasteiger partial charge in [0.1, 0.15) is 11.4 Å². The Hall–Kier alpha value is -3.01. The van der Waals surface area contributed by atoms with Crippen molar-refractivity contribution in [1.82, 2.24) is 19.4 Å². The topological polar surface area (TPSA) is 80.5 Å². The predicted molar refractivity (Wildman–Crippen MR) is 129 cm³/mol. The highest BCUT2D eigenvalue weighted by molar-refractivity contribution is 5.97. The van der Waals surface area contributed by atoms with Crippen molar-refractivity contribution in [2.45, 2.75) is 50.2 Å². The van der Waals surface area contributed by atoms with Crippen LogP contribution in [-0.4, -0.2) is 62.7 Å². The fourth-order valence-corrected chi connectivity index (χ4v) is 5.12. The molecule has 1 saturated carbocycles. The van der Waals surface area contributed by atoms with Crippen molar-refractivity contribution in [2.75, 3.05) is 26.3 Å². The quantitative estimate of drug-likeness (QED) is 0.497. The lowest BCUT2D eigenvalue weighted by atomic mass is 9.79. The molecule has 2 fully saturated rings. The zero-order valence-corrected chi connectivity index (χ0v) is 20.0. The summed E-state index contributed by atoms with van der Waals surface area (Å²) in [5, 5.41) is 11.2. The number of ketones is 1. The van der Waals surface area contributed by atoms with E-state index in [0.29, 0.717) is 36.0 Å². The molecule has 1 aliphatic heterocycles. The van der Waals surface area contributed by atoms with E-state index in [-0.39, 0.29) is 17.8 Å². The molecule has 7 nitrogen and oxygen atoms in total. The van der Waals surface area contributed by atoms with Crippen LogP contribution in [0.15, 0.2) is 55.1 Å². The van der Waals surface area contributed by atoms with E-state index in [1.54, 1.807) is 29.2 Å². The van der Waals surface area contributed by atoms with Gasteiger partial charge < -0.3 is 14.4 Å². The number of aromatic nitrogens is 3. The fourth-order valence-electron chi connectivity index (χ4n) is 5.12. The van der Waals surface area contributed by atoms with Crippen LogP contribution in [0.1, 0.15) is 59.3 Å². The zero-order chi connectivity index (χ0) is 25.1. The van der Waals surface area contributed by atoms with Gasteiger partial charge in [-0.05, 0) is 55.5 Å². The lowest BCUT2D eigenvalue weighted by Crippen LogP contribution is -2.47. The number of Topliss-reactive ketones (excluding diaryl/α,β-unsaturated/α-hetero) is 1. The van der Waals surface area contributed by atoms with Crippen molar-refractivity contribution < 1.29 is 23.4 Å². The number of hydrogen-bond donors (Lipinski definition) is 1. The molecule has 190 valence electrons. The third-order valence-corrected chi connectivity index (χ3v) is 7.31. The van der Waals surface area contributed by atoms with Gasteiger partial charge in [-0.2, -0.15) is 0 Å². The number of rotatable bonds is 7. The van der Waals surface area contributed by atoms with E-state index in [1.807, 2.05) is 12.1 Å². The molecule has 3 aromatic heterocycles. The minimum absolute atomic E-state index is 0.0859. The molecular weight excluding hydrogens is 466 g/mol. The molecule has 2 aliphatic rings. The second-order valence-corrected chi connectivity index (χ2v) is 9.62. The molecule has 36 heavy (non-hydrogen) atoms. The van der Waals surface area contributed by atoms with Gasteiger partial charge in [0, 0.05) is 61.5 Å². The minimum atomic E-state index is -2.57. The Kier molecular flexibility index (Phi) is 7.22. The molecule has 5 rings (SSSR count). The van der Waals surface area contributed by atoms with Gasteiger partial charge in [0.25, 0.3) is 6.43 Å². The van der Waals surface area contributed by atoms with Crippen molar-refractivity contribution in [3.05, 3.63) is 77.5 Å². The first-order chi connectivity index (χ1) is 17.4. The van der Waals surface area contributed by atoms with Crippen LogP contribution in [0.5, 0.6) is 0 Å². The number of nitrogens with zero attached hydrogens (tertiary/aromatic N) is 4. The first kappa shape index (κ1) is 24.7. The molecule has 0 unspecified atom stereocenters. The van der Waals surface area contributed by atoms with E-state index < -0.39 is 12.0 Å². The number of aliphatic hydroxyl groups is 1. The summed E-state index contributed by atoms with van der Waals surface area (Å²) in [4.78, 5) is 23.8. The van der Waals surface area contributed by atoms with Crippen LogP contribution in [0.4, 0.5) is 8.78 Å². The average Bonchev–Trinajstić information content (AvgIpc) is 3.41. The van der Waals surface area contributed by atoms with Crippen LogP contribution < -0.4 is 0 Å². The van der Waals surface area contributed by atoms with Crippen molar-refractivity contribution in [3.8, 4) is 5.82 Å². The van der Waals surface area contributed by atoms with E-state index in [4.69, 9.17) is 4.74 Å². The Morgan fingerprint density at radius 1 is 1.08 bits per heavy atom. The van der Waals surface area contributed by atoms with Crippen molar-refractivity contribution in [3.63, 3.8) is 0 Å². The average molecular weight is 497 g/mol. The summed E-state index contributed by atoms with van der Waals surface area (Å²) in [6.45, 7) is 3.46. The first-order valence-corrected chi connectivity index (χ1v) is 12.4. The molecule has 0 bridgehead atoms. The van der Waals surface area contributed by atoms with Crippen molar-refractivity contribution in [1.29, 1.82) is 0 Å². The number of hydrogen-bond acceptors (Lipinski definition) is 6. The van der Waals surface area contributed by atoms with Gasteiger partial charge in [0.2, 0.25) is 0 Å². The predicted octanol–water partition coefficient (Wildman–Crippen LogP) is 4.09. The molecule has 0 amide bonds. The molecule has 1 aliphatic carbocycles. The second kappa shape index (κ2) is 10.5. The Labute approximate surface area is 208 Å². The van der Waals surface area contributed by atoms with Gasteiger partial charge in [-0.3, -0.25) is 14.7 Å². The van der Waals surface area contributed by atoms with Gasteiger partial charge in [0.05, 0.1) is 18.9 Å². The van der Waals surface area contributed by atoms with Gasteiger partial charge in [-0.15, -0.1) is 0 Å². The third kappa shape index (κ3) is 5.38. The van der Waals surface area contributed by atoms with Gasteiger partial charge in [0.15, 0.2) is 5.78 Å². The largest absolute Gasteiger partial charge is 0.384 e. The van der Waals surface area contributed by atoms with E-state index in [0.717, 1.165) is 50.9 Å². The summed E-state index contributed by atoms with van der Waals surface area (Å²) in [7, 11) is 0. The first-order valence-electron chi connectivity index (χ1n) is 12.4. The summed E-state index contributed by atoms with van der Waals surface area (Å²) in [6, 6.07) is 8.67. The summed E-state index contributed by atoms with van der Waals surface area (Å²) < 4.78 is 32.6. The van der Waals surface area contributed by atoms with Crippen LogP contribution in [0.2, 0.25) is 0 Å². The minimum Gasteiger partial charge on any atom is -0.384 e. The maximum Gasteiger partial charge on any atom is 0.265 e. The Morgan fingerprint density at radius 3 is 2.50 bits per heavy atom. The van der Waals surface area contributed by atoms with E-state index in [2.05, 4.69) is 14.9 Å². The standard InChI is InChI=1S/C27H30F2N4O3/c28-26(29)20-2-4-25(31-17-20)33-10-7-21(18-33)23(34)15-19-1-3-24(30-16-19)27(35)8-5-22(6-9-27)32-11-13-36-14-12-32/h1-4,7,10,16-18,22,26,35H,5-6,8-9,11-15H2. The molecule has 4 heterocycles. The smallest absolute Gasteiger partial charge is 0.265 e. The monoisotopic (exact) mass is 496 g/mol. The number of carbonyl (C=O) groups is 1. The summed E-state index contributed by atoms with van der Waals surface area (Å²) in [6.07, 6.45) is 6.92. The molecule has 0 radical (unpaired) electrons. The number of morpholine rings is 1. The van der Waals surface area contributed by atoms with Crippen LogP contribution in [0, 0.1) is 0 Å². The number of carbonyl (C=O) groups excluding carboxylic acids is 1. The van der Waals surface area contributed by atoms with Crippen molar-refractivity contribution in [2.24, 2.45) is 0 Å². The zero-order valence-electron chi connectivity index (χ0n) is 20.0. The highest BCUT2D eigenvalue weighted by Crippen LogP contribution is 2.38. The van der Waals surface area contributed by atoms with Crippen LogP contribution >= 0.6 is 0 Å². The van der Waals surface area contributed by atoms with Crippen LogP contribution in [0.25, 0.3) is 5.82 Å². The molecule has 1 saturated heterocycles. The van der Waals surface area contributed by atoms with Crippen molar-refractivity contribution >= 4 is 5.78 Å². The number of pyridine rings is 2. The van der Waals surface area contributed by atoms with Gasteiger partial charge in [-0.1, -0.05) is 6.07 Å². The highest BCUT2D eigenvalue weighted by atomic mass is 19.3. The number of halogens is 2. The summed E-state index contributed by atoms with van der Waals surface area (Å²) in [5.41, 5.74) is 0.840. The maximum atomic E-state index is 12.8. The number of alkyl halides is 2. The Bertz CT molecular complexity index is 1170.